The highest BCUT2D eigenvalue weighted by Gasteiger charge is 2.17. The maximum atomic E-state index is 5.50. The van der Waals surface area contributed by atoms with Gasteiger partial charge in [0.1, 0.15) is 5.84 Å². The number of nitrogens with one attached hydrogen (secondary N) is 1. The third kappa shape index (κ3) is 2.37. The van der Waals surface area contributed by atoms with Crippen LogP contribution in [-0.4, -0.2) is 18.1 Å². The SMILES string of the molecule is NNC1=Nc2c(Br)cccc2C(c2ccccc2)=NC1. The number of aliphatic imine (C=N–C) groups is 2. The summed E-state index contributed by atoms with van der Waals surface area (Å²) in [6.07, 6.45) is 0. The molecule has 0 fully saturated rings. The third-order valence-corrected chi connectivity index (χ3v) is 3.73. The summed E-state index contributed by atoms with van der Waals surface area (Å²) in [5.74, 6) is 6.14. The van der Waals surface area contributed by atoms with Gasteiger partial charge in [-0.25, -0.2) is 10.8 Å². The van der Waals surface area contributed by atoms with E-state index in [0.29, 0.717) is 12.4 Å². The van der Waals surface area contributed by atoms with Gasteiger partial charge in [-0.15, -0.1) is 0 Å². The van der Waals surface area contributed by atoms with Crippen molar-refractivity contribution in [3.63, 3.8) is 0 Å². The molecular weight excluding hydrogens is 316 g/mol. The average Bonchev–Trinajstić information content (AvgIpc) is 2.68. The van der Waals surface area contributed by atoms with Gasteiger partial charge in [0.15, 0.2) is 0 Å². The minimum Gasteiger partial charge on any atom is -0.310 e. The number of nitrogens with zero attached hydrogens (tertiary/aromatic N) is 2. The van der Waals surface area contributed by atoms with E-state index in [0.717, 1.165) is 27.0 Å². The number of hydrazine groups is 1. The van der Waals surface area contributed by atoms with E-state index < -0.39 is 0 Å². The summed E-state index contributed by atoms with van der Waals surface area (Å²) in [5, 5.41) is 0. The van der Waals surface area contributed by atoms with Crippen LogP contribution in [0.1, 0.15) is 11.1 Å². The fourth-order valence-electron chi connectivity index (χ4n) is 2.15. The zero-order chi connectivity index (χ0) is 13.9. The number of hydrogen-bond donors (Lipinski definition) is 2. The van der Waals surface area contributed by atoms with Crippen LogP contribution >= 0.6 is 15.9 Å². The minimum atomic E-state index is 0.432. The number of hydrogen-bond acceptors (Lipinski definition) is 4. The van der Waals surface area contributed by atoms with Gasteiger partial charge in [0.05, 0.1) is 17.9 Å². The molecule has 0 bridgehead atoms. The quantitative estimate of drug-likeness (QED) is 0.624. The fourth-order valence-corrected chi connectivity index (χ4v) is 2.61. The molecule has 100 valence electrons. The molecule has 0 saturated heterocycles. The van der Waals surface area contributed by atoms with Crippen molar-refractivity contribution in [3.8, 4) is 0 Å². The summed E-state index contributed by atoms with van der Waals surface area (Å²) in [6, 6.07) is 16.1. The predicted octanol–water partition coefficient (Wildman–Crippen LogP) is 2.79. The Morgan fingerprint density at radius 2 is 1.85 bits per heavy atom. The van der Waals surface area contributed by atoms with Gasteiger partial charge in [0, 0.05) is 15.6 Å². The number of para-hydroxylation sites is 1. The van der Waals surface area contributed by atoms with Crippen LogP contribution in [0.3, 0.4) is 0 Å². The molecule has 1 aliphatic rings. The molecule has 0 spiro atoms. The second-order valence-electron chi connectivity index (χ2n) is 4.37. The first-order valence-corrected chi connectivity index (χ1v) is 7.02. The van der Waals surface area contributed by atoms with Gasteiger partial charge in [-0.05, 0) is 22.0 Å². The molecule has 0 aliphatic carbocycles. The normalized spacial score (nSPS) is 13.9. The smallest absolute Gasteiger partial charge is 0.138 e. The van der Waals surface area contributed by atoms with E-state index in [9.17, 15) is 0 Å². The van der Waals surface area contributed by atoms with Crippen LogP contribution in [0.5, 0.6) is 0 Å². The zero-order valence-corrected chi connectivity index (χ0v) is 12.3. The van der Waals surface area contributed by atoms with Crippen molar-refractivity contribution in [3.05, 3.63) is 64.1 Å². The molecule has 0 saturated carbocycles. The third-order valence-electron chi connectivity index (χ3n) is 3.09. The lowest BCUT2D eigenvalue weighted by Crippen LogP contribution is -2.32. The number of benzene rings is 2. The summed E-state index contributed by atoms with van der Waals surface area (Å²) in [7, 11) is 0. The maximum Gasteiger partial charge on any atom is 0.138 e. The molecule has 1 heterocycles. The highest BCUT2D eigenvalue weighted by atomic mass is 79.9. The van der Waals surface area contributed by atoms with Crippen LogP contribution in [0.25, 0.3) is 0 Å². The Balaban J connectivity index is 2.21. The van der Waals surface area contributed by atoms with Gasteiger partial charge in [0.2, 0.25) is 0 Å². The molecule has 20 heavy (non-hydrogen) atoms. The van der Waals surface area contributed by atoms with Crippen molar-refractivity contribution < 1.29 is 0 Å². The molecule has 0 aromatic heterocycles. The van der Waals surface area contributed by atoms with E-state index in [4.69, 9.17) is 5.84 Å². The largest absolute Gasteiger partial charge is 0.310 e. The van der Waals surface area contributed by atoms with E-state index in [2.05, 4.69) is 31.3 Å². The standard InChI is InChI=1S/C15H13BrN4/c16-12-8-4-7-11-14(10-5-2-1-3-6-10)18-9-13(20-17)19-15(11)12/h1-8H,9,17H2,(H,19,20). The van der Waals surface area contributed by atoms with Crippen LogP contribution in [0.4, 0.5) is 5.69 Å². The van der Waals surface area contributed by atoms with Gasteiger partial charge < -0.3 is 5.43 Å². The van der Waals surface area contributed by atoms with Crippen molar-refractivity contribution >= 4 is 33.2 Å². The molecule has 5 heteroatoms. The van der Waals surface area contributed by atoms with Crippen molar-refractivity contribution in [2.75, 3.05) is 6.54 Å². The van der Waals surface area contributed by atoms with Gasteiger partial charge in [-0.1, -0.05) is 42.5 Å². The van der Waals surface area contributed by atoms with Crippen LogP contribution in [0.15, 0.2) is 63.0 Å². The first-order chi connectivity index (χ1) is 9.79. The molecule has 3 rings (SSSR count). The van der Waals surface area contributed by atoms with Crippen molar-refractivity contribution in [2.24, 2.45) is 15.8 Å². The molecule has 3 N–H and O–H groups in total. The topological polar surface area (TPSA) is 62.8 Å². The molecule has 0 atom stereocenters. The van der Waals surface area contributed by atoms with Gasteiger partial charge >= 0.3 is 0 Å². The second-order valence-corrected chi connectivity index (χ2v) is 5.22. The molecule has 0 radical (unpaired) electrons. The van der Waals surface area contributed by atoms with E-state index >= 15 is 0 Å². The van der Waals surface area contributed by atoms with Crippen molar-refractivity contribution in [1.82, 2.24) is 5.43 Å². The zero-order valence-electron chi connectivity index (χ0n) is 10.7. The lowest BCUT2D eigenvalue weighted by atomic mass is 10.0. The maximum absolute atomic E-state index is 5.50. The van der Waals surface area contributed by atoms with E-state index in [1.54, 1.807) is 0 Å². The summed E-state index contributed by atoms with van der Waals surface area (Å²) in [6.45, 7) is 0.432. The Kier molecular flexibility index (Phi) is 3.62. The Hall–Kier alpha value is -1.98. The van der Waals surface area contributed by atoms with E-state index in [1.165, 1.54) is 0 Å². The van der Waals surface area contributed by atoms with Crippen molar-refractivity contribution in [2.45, 2.75) is 0 Å². The van der Waals surface area contributed by atoms with Crippen LogP contribution in [0.2, 0.25) is 0 Å². The highest BCUT2D eigenvalue weighted by molar-refractivity contribution is 9.10. The minimum absolute atomic E-state index is 0.432. The molecule has 4 nitrogen and oxygen atoms in total. The molecule has 2 aromatic carbocycles. The monoisotopic (exact) mass is 328 g/mol. The average molecular weight is 329 g/mol. The Bertz CT molecular complexity index is 692. The Morgan fingerprint density at radius 3 is 2.60 bits per heavy atom. The molecule has 0 unspecified atom stereocenters. The lowest BCUT2D eigenvalue weighted by molar-refractivity contribution is 0.992. The van der Waals surface area contributed by atoms with Crippen LogP contribution in [-0.2, 0) is 0 Å². The van der Waals surface area contributed by atoms with Crippen LogP contribution < -0.4 is 11.3 Å². The molecule has 1 aliphatic heterocycles. The molecule has 2 aromatic rings. The summed E-state index contributed by atoms with van der Waals surface area (Å²) >= 11 is 3.54. The number of halogens is 1. The van der Waals surface area contributed by atoms with Gasteiger partial charge in [-0.3, -0.25) is 4.99 Å². The number of fused-ring (bicyclic) bond motifs is 1. The summed E-state index contributed by atoms with van der Waals surface area (Å²) in [5.41, 5.74) is 6.45. The van der Waals surface area contributed by atoms with Gasteiger partial charge in [0.25, 0.3) is 0 Å². The molecular formula is C15H13BrN4. The van der Waals surface area contributed by atoms with Crippen molar-refractivity contribution in [1.29, 1.82) is 0 Å². The number of nitrogens with two attached hydrogens (primary N) is 1. The Labute approximate surface area is 125 Å². The fraction of sp³-hybridized carbons (Fsp3) is 0.0667. The second kappa shape index (κ2) is 5.56. The number of amidine groups is 1. The first kappa shape index (κ1) is 13.0. The first-order valence-electron chi connectivity index (χ1n) is 6.22. The number of rotatable bonds is 1. The van der Waals surface area contributed by atoms with Gasteiger partial charge in [-0.2, -0.15) is 0 Å². The lowest BCUT2D eigenvalue weighted by Gasteiger charge is -2.09. The predicted molar refractivity (Wildman–Crippen MR) is 85.5 cm³/mol. The van der Waals surface area contributed by atoms with E-state index in [1.807, 2.05) is 48.5 Å². The summed E-state index contributed by atoms with van der Waals surface area (Å²) < 4.78 is 0.924. The van der Waals surface area contributed by atoms with E-state index in [-0.39, 0.29) is 0 Å². The highest BCUT2D eigenvalue weighted by Crippen LogP contribution is 2.32. The summed E-state index contributed by atoms with van der Waals surface area (Å²) in [4.78, 5) is 9.20. The Morgan fingerprint density at radius 1 is 1.05 bits per heavy atom. The molecule has 0 amide bonds. The van der Waals surface area contributed by atoms with Crippen LogP contribution in [0, 0.1) is 0 Å².